The van der Waals surface area contributed by atoms with Crippen molar-refractivity contribution in [3.8, 4) is 0 Å². The van der Waals surface area contributed by atoms with Gasteiger partial charge in [0.1, 0.15) is 5.03 Å². The van der Waals surface area contributed by atoms with E-state index in [1.54, 1.807) is 11.8 Å². The summed E-state index contributed by atoms with van der Waals surface area (Å²) in [5.41, 5.74) is 0.0267. The maximum absolute atomic E-state index is 12.9. The Bertz CT molecular complexity index is 670. The number of hydrogen-bond acceptors (Lipinski definition) is 5. The van der Waals surface area contributed by atoms with Gasteiger partial charge in [-0.2, -0.15) is 0 Å². The largest absolute Gasteiger partial charge is 0.390 e. The van der Waals surface area contributed by atoms with Crippen LogP contribution >= 0.6 is 23.4 Å². The maximum atomic E-state index is 12.9. The van der Waals surface area contributed by atoms with Gasteiger partial charge in [0.05, 0.1) is 11.2 Å². The number of aliphatic hydroxyl groups is 1. The second kappa shape index (κ2) is 6.71. The standard InChI is InChI=1S/C18H24ClN3O2S/c1-2-3-25-16-13(9-20-17(19)22-16)15(23)21-14-11-4-10-5-12(14)8-18(24,6-10)7-11/h9-12,14,24H,2-8H2,1H3,(H,21,23)/t10?,11?,12?,14-,18+. The lowest BCUT2D eigenvalue weighted by molar-refractivity contribution is -0.136. The van der Waals surface area contributed by atoms with Crippen molar-refractivity contribution in [2.24, 2.45) is 17.8 Å². The van der Waals surface area contributed by atoms with Gasteiger partial charge in [0, 0.05) is 12.2 Å². The molecule has 5 nitrogen and oxygen atoms in total. The first-order valence-corrected chi connectivity index (χ1v) is 10.5. The third-order valence-corrected chi connectivity index (χ3v) is 7.33. The van der Waals surface area contributed by atoms with E-state index in [2.05, 4.69) is 22.2 Å². The van der Waals surface area contributed by atoms with Gasteiger partial charge in [-0.15, -0.1) is 11.8 Å². The summed E-state index contributed by atoms with van der Waals surface area (Å²) in [4.78, 5) is 21.1. The fourth-order valence-corrected chi connectivity index (χ4v) is 6.29. The molecule has 0 aliphatic heterocycles. The van der Waals surface area contributed by atoms with Crippen LogP contribution in [0.15, 0.2) is 11.2 Å². The highest BCUT2D eigenvalue weighted by molar-refractivity contribution is 7.99. The Morgan fingerprint density at radius 3 is 2.76 bits per heavy atom. The molecule has 1 aromatic rings. The van der Waals surface area contributed by atoms with Crippen molar-refractivity contribution < 1.29 is 9.90 Å². The number of nitrogens with one attached hydrogen (secondary N) is 1. The van der Waals surface area contributed by atoms with E-state index in [9.17, 15) is 9.90 Å². The number of rotatable bonds is 5. The zero-order chi connectivity index (χ0) is 17.6. The van der Waals surface area contributed by atoms with Gasteiger partial charge in [-0.1, -0.05) is 6.92 Å². The Hall–Kier alpha value is -0.850. The minimum atomic E-state index is -0.483. The van der Waals surface area contributed by atoms with Crippen molar-refractivity contribution in [3.05, 3.63) is 17.0 Å². The second-order valence-electron chi connectivity index (χ2n) is 7.90. The molecule has 2 N–H and O–H groups in total. The smallest absolute Gasteiger partial charge is 0.255 e. The average molecular weight is 382 g/mol. The summed E-state index contributed by atoms with van der Waals surface area (Å²) in [6, 6.07) is 0.157. The molecule has 1 aromatic heterocycles. The third kappa shape index (κ3) is 3.40. The van der Waals surface area contributed by atoms with E-state index in [0.717, 1.165) is 44.3 Å². The molecule has 4 saturated carbocycles. The number of halogens is 1. The van der Waals surface area contributed by atoms with E-state index in [1.807, 2.05) is 0 Å². The summed E-state index contributed by atoms with van der Waals surface area (Å²) in [7, 11) is 0. The van der Waals surface area contributed by atoms with Gasteiger partial charge >= 0.3 is 0 Å². The molecular formula is C18H24ClN3O2S. The van der Waals surface area contributed by atoms with E-state index in [4.69, 9.17) is 11.6 Å². The summed E-state index contributed by atoms with van der Waals surface area (Å²) in [6.07, 6.45) is 7.37. The molecule has 2 atom stereocenters. The predicted octanol–water partition coefficient (Wildman–Crippen LogP) is 3.30. The van der Waals surface area contributed by atoms with Crippen LogP contribution in [0.25, 0.3) is 0 Å². The first-order valence-electron chi connectivity index (χ1n) is 9.16. The summed E-state index contributed by atoms with van der Waals surface area (Å²) in [6.45, 7) is 2.09. The molecule has 136 valence electrons. The van der Waals surface area contributed by atoms with Gasteiger partial charge in [0.25, 0.3) is 5.91 Å². The highest BCUT2D eigenvalue weighted by atomic mass is 35.5. The van der Waals surface area contributed by atoms with Gasteiger partial charge in [-0.25, -0.2) is 9.97 Å². The summed E-state index contributed by atoms with van der Waals surface area (Å²) >= 11 is 7.45. The molecule has 4 aliphatic rings. The monoisotopic (exact) mass is 381 g/mol. The molecule has 5 rings (SSSR count). The van der Waals surface area contributed by atoms with Crippen LogP contribution in [0.1, 0.15) is 55.8 Å². The van der Waals surface area contributed by atoms with Crippen molar-refractivity contribution in [1.82, 2.24) is 15.3 Å². The Balaban J connectivity index is 1.51. The number of hydrogen-bond donors (Lipinski definition) is 2. The molecule has 4 aliphatic carbocycles. The third-order valence-electron chi connectivity index (χ3n) is 5.95. The van der Waals surface area contributed by atoms with Crippen molar-refractivity contribution in [1.29, 1.82) is 0 Å². The zero-order valence-electron chi connectivity index (χ0n) is 14.4. The van der Waals surface area contributed by atoms with E-state index in [0.29, 0.717) is 28.3 Å². The van der Waals surface area contributed by atoms with Gasteiger partial charge < -0.3 is 10.4 Å². The maximum Gasteiger partial charge on any atom is 0.255 e. The van der Waals surface area contributed by atoms with Crippen molar-refractivity contribution in [3.63, 3.8) is 0 Å². The van der Waals surface area contributed by atoms with Crippen molar-refractivity contribution in [2.75, 3.05) is 5.75 Å². The lowest BCUT2D eigenvalue weighted by Crippen LogP contribution is -2.61. The molecule has 0 saturated heterocycles. The zero-order valence-corrected chi connectivity index (χ0v) is 15.9. The van der Waals surface area contributed by atoms with E-state index < -0.39 is 5.60 Å². The highest BCUT2D eigenvalue weighted by Crippen LogP contribution is 2.55. The quantitative estimate of drug-likeness (QED) is 0.465. The topological polar surface area (TPSA) is 75.1 Å². The Morgan fingerprint density at radius 2 is 2.12 bits per heavy atom. The van der Waals surface area contributed by atoms with E-state index >= 15 is 0 Å². The molecule has 4 bridgehead atoms. The minimum absolute atomic E-state index is 0.111. The fourth-order valence-electron chi connectivity index (χ4n) is 5.26. The molecule has 2 unspecified atom stereocenters. The molecule has 1 amide bonds. The van der Waals surface area contributed by atoms with Crippen LogP contribution in [0.4, 0.5) is 0 Å². The van der Waals surface area contributed by atoms with E-state index in [1.165, 1.54) is 6.20 Å². The normalized spacial score (nSPS) is 35.8. The molecule has 4 fully saturated rings. The Labute approximate surface area is 157 Å². The lowest BCUT2D eigenvalue weighted by Gasteiger charge is -2.58. The summed E-state index contributed by atoms with van der Waals surface area (Å²) in [5.74, 6) is 2.18. The van der Waals surface area contributed by atoms with Crippen LogP contribution in [-0.2, 0) is 0 Å². The van der Waals surface area contributed by atoms with Crippen LogP contribution in [0.5, 0.6) is 0 Å². The lowest BCUT2D eigenvalue weighted by atomic mass is 9.52. The van der Waals surface area contributed by atoms with Gasteiger partial charge in [0.15, 0.2) is 0 Å². The fraction of sp³-hybridized carbons (Fsp3) is 0.722. The Kier molecular flexibility index (Phi) is 4.71. The van der Waals surface area contributed by atoms with Crippen LogP contribution in [0.2, 0.25) is 5.28 Å². The first kappa shape index (κ1) is 17.6. The molecule has 1 heterocycles. The summed E-state index contributed by atoms with van der Waals surface area (Å²) in [5, 5.41) is 14.8. The van der Waals surface area contributed by atoms with Gasteiger partial charge in [-0.05, 0) is 73.6 Å². The second-order valence-corrected chi connectivity index (χ2v) is 9.32. The van der Waals surface area contributed by atoms with Gasteiger partial charge in [-0.3, -0.25) is 4.79 Å². The number of carbonyl (C=O) groups is 1. The number of aromatic nitrogens is 2. The SMILES string of the molecule is CCCSc1nc(Cl)ncc1C(=O)N[C@H]1C2CC3CC1C[C@@](O)(C3)C2. The molecule has 0 radical (unpaired) electrons. The number of thioether (sulfide) groups is 1. The molecule has 0 aromatic carbocycles. The van der Waals surface area contributed by atoms with Crippen LogP contribution in [0.3, 0.4) is 0 Å². The molecule has 0 spiro atoms. The predicted molar refractivity (Wildman–Crippen MR) is 97.8 cm³/mol. The van der Waals surface area contributed by atoms with Gasteiger partial charge in [0.2, 0.25) is 5.28 Å². The van der Waals surface area contributed by atoms with E-state index in [-0.39, 0.29) is 17.2 Å². The average Bonchev–Trinajstić information content (AvgIpc) is 2.54. The Morgan fingerprint density at radius 1 is 1.40 bits per heavy atom. The number of nitrogens with zero attached hydrogens (tertiary/aromatic N) is 2. The molecule has 7 heteroatoms. The summed E-state index contributed by atoms with van der Waals surface area (Å²) < 4.78 is 0. The highest BCUT2D eigenvalue weighted by Gasteiger charge is 2.55. The van der Waals surface area contributed by atoms with Crippen LogP contribution < -0.4 is 5.32 Å². The van der Waals surface area contributed by atoms with Crippen LogP contribution in [0, 0.1) is 17.8 Å². The van der Waals surface area contributed by atoms with Crippen LogP contribution in [-0.4, -0.2) is 38.4 Å². The molecular weight excluding hydrogens is 358 g/mol. The first-order chi connectivity index (χ1) is 12.0. The van der Waals surface area contributed by atoms with Crippen molar-refractivity contribution >= 4 is 29.3 Å². The molecule has 25 heavy (non-hydrogen) atoms. The minimum Gasteiger partial charge on any atom is -0.390 e. The number of carbonyl (C=O) groups excluding carboxylic acids is 1. The number of amides is 1. The van der Waals surface area contributed by atoms with Crippen molar-refractivity contribution in [2.45, 2.75) is 62.1 Å².